The molecule has 1 atom stereocenters. The van der Waals surface area contributed by atoms with Crippen molar-refractivity contribution in [3.8, 4) is 0 Å². The smallest absolute Gasteiger partial charge is 0.548 e. The molecular formula is C14H22LiN3O3S. The maximum atomic E-state index is 12.0. The number of carbonyl (C=O) groups is 2. The van der Waals surface area contributed by atoms with Crippen LogP contribution in [0, 0.1) is 5.92 Å². The SMILES string of the molecule is CC(C)c1nc(CNC(=O)N(C)C(C(=O)[O-])C(C)C)cs1.[Li+]. The number of aliphatic carboxylic acids is 1. The zero-order valence-corrected chi connectivity index (χ0v) is 14.9. The van der Waals surface area contributed by atoms with Gasteiger partial charge in [-0.15, -0.1) is 11.3 Å². The predicted molar refractivity (Wildman–Crippen MR) is 79.8 cm³/mol. The van der Waals surface area contributed by atoms with Crippen LogP contribution in [0.2, 0.25) is 0 Å². The van der Waals surface area contributed by atoms with Gasteiger partial charge in [0, 0.05) is 18.3 Å². The largest absolute Gasteiger partial charge is 1.00 e. The van der Waals surface area contributed by atoms with E-state index in [0.29, 0.717) is 5.92 Å². The minimum Gasteiger partial charge on any atom is -0.548 e. The summed E-state index contributed by atoms with van der Waals surface area (Å²) in [6.07, 6.45) is 0. The van der Waals surface area contributed by atoms with Gasteiger partial charge in [-0.2, -0.15) is 0 Å². The Labute approximate surface area is 147 Å². The van der Waals surface area contributed by atoms with Crippen molar-refractivity contribution in [3.05, 3.63) is 16.1 Å². The van der Waals surface area contributed by atoms with Crippen LogP contribution < -0.4 is 29.3 Å². The minimum absolute atomic E-state index is 0. The summed E-state index contributed by atoms with van der Waals surface area (Å²) < 4.78 is 0. The summed E-state index contributed by atoms with van der Waals surface area (Å²) in [4.78, 5) is 28.7. The molecule has 1 unspecified atom stereocenters. The van der Waals surface area contributed by atoms with Gasteiger partial charge in [-0.25, -0.2) is 9.78 Å². The average Bonchev–Trinajstić information content (AvgIpc) is 2.83. The van der Waals surface area contributed by atoms with Crippen molar-refractivity contribution in [2.24, 2.45) is 5.92 Å². The summed E-state index contributed by atoms with van der Waals surface area (Å²) >= 11 is 1.55. The Morgan fingerprint density at radius 3 is 2.36 bits per heavy atom. The van der Waals surface area contributed by atoms with E-state index in [9.17, 15) is 14.7 Å². The van der Waals surface area contributed by atoms with E-state index in [1.165, 1.54) is 7.05 Å². The second kappa shape index (κ2) is 9.18. The molecule has 1 aromatic rings. The maximum absolute atomic E-state index is 12.0. The van der Waals surface area contributed by atoms with Gasteiger partial charge in [0.25, 0.3) is 0 Å². The molecule has 1 N–H and O–H groups in total. The van der Waals surface area contributed by atoms with E-state index in [1.54, 1.807) is 25.2 Å². The number of likely N-dealkylation sites (N-methyl/N-ethyl adjacent to an activating group) is 1. The molecule has 0 saturated heterocycles. The van der Waals surface area contributed by atoms with Crippen LogP contribution in [0.1, 0.15) is 44.3 Å². The van der Waals surface area contributed by atoms with Crippen molar-refractivity contribution in [2.75, 3.05) is 7.05 Å². The molecule has 0 aromatic carbocycles. The predicted octanol–water partition coefficient (Wildman–Crippen LogP) is -1.81. The number of hydrogen-bond donors (Lipinski definition) is 1. The molecule has 0 radical (unpaired) electrons. The molecular weight excluding hydrogens is 297 g/mol. The maximum Gasteiger partial charge on any atom is 1.00 e. The molecule has 118 valence electrons. The van der Waals surface area contributed by atoms with Crippen LogP contribution >= 0.6 is 11.3 Å². The van der Waals surface area contributed by atoms with Gasteiger partial charge in [0.2, 0.25) is 0 Å². The summed E-state index contributed by atoms with van der Waals surface area (Å²) in [5, 5.41) is 16.7. The number of amides is 2. The van der Waals surface area contributed by atoms with Crippen LogP contribution in [0.25, 0.3) is 0 Å². The zero-order valence-electron chi connectivity index (χ0n) is 14.0. The van der Waals surface area contributed by atoms with E-state index in [0.717, 1.165) is 15.6 Å². The number of carboxylic acid groups (broad SMARTS) is 1. The first-order valence-electron chi connectivity index (χ1n) is 6.89. The van der Waals surface area contributed by atoms with Gasteiger partial charge in [0.1, 0.15) is 0 Å². The van der Waals surface area contributed by atoms with Crippen molar-refractivity contribution < 1.29 is 33.6 Å². The summed E-state index contributed by atoms with van der Waals surface area (Å²) in [5.74, 6) is -1.12. The van der Waals surface area contributed by atoms with Crippen molar-refractivity contribution in [2.45, 2.75) is 46.2 Å². The van der Waals surface area contributed by atoms with Crippen LogP contribution in [-0.4, -0.2) is 35.0 Å². The van der Waals surface area contributed by atoms with Crippen LogP contribution in [0.5, 0.6) is 0 Å². The van der Waals surface area contributed by atoms with E-state index in [2.05, 4.69) is 24.1 Å². The second-order valence-corrected chi connectivity index (χ2v) is 6.50. The molecule has 1 heterocycles. The molecule has 0 bridgehead atoms. The third kappa shape index (κ3) is 5.63. The second-order valence-electron chi connectivity index (χ2n) is 5.61. The van der Waals surface area contributed by atoms with Gasteiger partial charge in [0.05, 0.1) is 29.3 Å². The molecule has 1 aromatic heterocycles. The molecule has 0 aliphatic rings. The average molecular weight is 319 g/mol. The summed E-state index contributed by atoms with van der Waals surface area (Å²) in [6.45, 7) is 7.87. The Balaban J connectivity index is 0.00000441. The van der Waals surface area contributed by atoms with Gasteiger partial charge in [-0.05, 0) is 5.92 Å². The Kier molecular flexibility index (Phi) is 8.75. The normalized spacial score (nSPS) is 12.0. The number of hydrogen-bond acceptors (Lipinski definition) is 5. The minimum atomic E-state index is -1.25. The molecule has 2 amide bonds. The summed E-state index contributed by atoms with van der Waals surface area (Å²) in [5.41, 5.74) is 0.778. The van der Waals surface area contributed by atoms with Gasteiger partial charge in [-0.1, -0.05) is 27.7 Å². The van der Waals surface area contributed by atoms with Crippen molar-refractivity contribution in [3.63, 3.8) is 0 Å². The Morgan fingerprint density at radius 2 is 1.95 bits per heavy atom. The molecule has 0 aliphatic carbocycles. The zero-order chi connectivity index (χ0) is 16.2. The molecule has 6 nitrogen and oxygen atoms in total. The number of carboxylic acids is 1. The Hall–Kier alpha value is -1.03. The number of carbonyl (C=O) groups excluding carboxylic acids is 2. The third-order valence-electron chi connectivity index (χ3n) is 3.09. The molecule has 0 spiro atoms. The third-order valence-corrected chi connectivity index (χ3v) is 4.29. The fourth-order valence-corrected chi connectivity index (χ4v) is 2.80. The van der Waals surface area contributed by atoms with Gasteiger partial charge in [0.15, 0.2) is 0 Å². The Morgan fingerprint density at radius 1 is 1.36 bits per heavy atom. The van der Waals surface area contributed by atoms with Gasteiger partial charge in [-0.3, -0.25) is 0 Å². The van der Waals surface area contributed by atoms with E-state index < -0.39 is 18.0 Å². The van der Waals surface area contributed by atoms with E-state index in [-0.39, 0.29) is 31.3 Å². The molecule has 0 aliphatic heterocycles. The number of nitrogens with zero attached hydrogens (tertiary/aromatic N) is 2. The van der Waals surface area contributed by atoms with Crippen molar-refractivity contribution in [1.82, 2.24) is 15.2 Å². The fraction of sp³-hybridized carbons (Fsp3) is 0.643. The van der Waals surface area contributed by atoms with Gasteiger partial charge < -0.3 is 20.1 Å². The molecule has 8 heteroatoms. The fourth-order valence-electron chi connectivity index (χ4n) is 1.96. The number of urea groups is 1. The molecule has 0 fully saturated rings. The molecule has 1 rings (SSSR count). The first-order valence-corrected chi connectivity index (χ1v) is 7.77. The van der Waals surface area contributed by atoms with Gasteiger partial charge >= 0.3 is 24.9 Å². The van der Waals surface area contributed by atoms with E-state index in [1.807, 2.05) is 5.38 Å². The molecule has 0 saturated carbocycles. The van der Waals surface area contributed by atoms with Crippen LogP contribution in [0.3, 0.4) is 0 Å². The summed E-state index contributed by atoms with van der Waals surface area (Å²) in [6, 6.07) is -1.40. The first kappa shape index (κ1) is 21.0. The first-order chi connectivity index (χ1) is 9.73. The van der Waals surface area contributed by atoms with Crippen molar-refractivity contribution >= 4 is 23.3 Å². The van der Waals surface area contributed by atoms with Crippen LogP contribution in [-0.2, 0) is 11.3 Å². The number of nitrogens with one attached hydrogen (secondary N) is 1. The summed E-state index contributed by atoms with van der Waals surface area (Å²) in [7, 11) is 1.45. The van der Waals surface area contributed by atoms with Crippen molar-refractivity contribution in [1.29, 1.82) is 0 Å². The molecule has 22 heavy (non-hydrogen) atoms. The topological polar surface area (TPSA) is 85.4 Å². The van der Waals surface area contributed by atoms with Crippen LogP contribution in [0.15, 0.2) is 5.38 Å². The number of aromatic nitrogens is 1. The monoisotopic (exact) mass is 319 g/mol. The standard InChI is InChI=1S/C14H23N3O3S.Li/c1-8(2)11(13(18)19)17(5)14(20)15-6-10-7-21-12(16-10)9(3)4;/h7-9,11H,6H2,1-5H3,(H,15,20)(H,18,19);/q;+1/p-1. The number of rotatable bonds is 6. The van der Waals surface area contributed by atoms with E-state index in [4.69, 9.17) is 0 Å². The number of thiazole rings is 1. The van der Waals surface area contributed by atoms with E-state index >= 15 is 0 Å². The quantitative estimate of drug-likeness (QED) is 0.626. The Bertz CT molecular complexity index is 505. The van der Waals surface area contributed by atoms with Crippen LogP contribution in [0.4, 0.5) is 4.79 Å².